The van der Waals surface area contributed by atoms with Crippen LogP contribution in [0.15, 0.2) is 18.3 Å². The van der Waals surface area contributed by atoms with Crippen LogP contribution in [0, 0.1) is 6.92 Å². The molecule has 0 aromatic carbocycles. The van der Waals surface area contributed by atoms with Crippen LogP contribution < -0.4 is 5.32 Å². The van der Waals surface area contributed by atoms with E-state index in [4.69, 9.17) is 4.74 Å². The fourth-order valence-corrected chi connectivity index (χ4v) is 3.30. The molecular formula is C13H17N3OS. The second-order valence-electron chi connectivity index (χ2n) is 4.54. The third-order valence-corrected chi connectivity index (χ3v) is 4.36. The van der Waals surface area contributed by atoms with E-state index < -0.39 is 0 Å². The van der Waals surface area contributed by atoms with E-state index in [9.17, 15) is 0 Å². The summed E-state index contributed by atoms with van der Waals surface area (Å²) >= 11 is 1.77. The maximum atomic E-state index is 5.49. The molecule has 1 unspecified atom stereocenters. The van der Waals surface area contributed by atoms with Crippen LogP contribution in [0.1, 0.15) is 10.6 Å². The molecule has 1 fully saturated rings. The molecule has 3 rings (SSSR count). The molecule has 0 bridgehead atoms. The first kappa shape index (κ1) is 11.9. The molecule has 0 spiro atoms. The molecule has 18 heavy (non-hydrogen) atoms. The third-order valence-electron chi connectivity index (χ3n) is 3.15. The second-order valence-corrected chi connectivity index (χ2v) is 5.63. The Kier molecular flexibility index (Phi) is 3.45. The Bertz CT molecular complexity index is 500. The van der Waals surface area contributed by atoms with Crippen molar-refractivity contribution < 1.29 is 4.74 Å². The van der Waals surface area contributed by atoms with Crippen molar-refractivity contribution in [1.29, 1.82) is 0 Å². The predicted octanol–water partition coefficient (Wildman–Crippen LogP) is 1.98. The molecule has 96 valence electrons. The Morgan fingerprint density at radius 2 is 2.50 bits per heavy atom. The molecule has 0 radical (unpaired) electrons. The number of nitrogens with zero attached hydrogens (tertiary/aromatic N) is 1. The van der Waals surface area contributed by atoms with E-state index in [1.807, 2.05) is 12.3 Å². The topological polar surface area (TPSA) is 49.9 Å². The van der Waals surface area contributed by atoms with Crippen LogP contribution in [0.2, 0.25) is 0 Å². The fourth-order valence-electron chi connectivity index (χ4n) is 2.17. The van der Waals surface area contributed by atoms with Crippen molar-refractivity contribution in [2.45, 2.75) is 19.4 Å². The minimum absolute atomic E-state index is 0.425. The molecule has 1 aliphatic heterocycles. The molecule has 0 amide bonds. The number of rotatable bonds is 3. The summed E-state index contributed by atoms with van der Waals surface area (Å²) in [5.74, 6) is 0. The summed E-state index contributed by atoms with van der Waals surface area (Å²) in [6, 6.07) is 4.49. The zero-order valence-corrected chi connectivity index (χ0v) is 11.2. The molecule has 5 heteroatoms. The van der Waals surface area contributed by atoms with Crippen molar-refractivity contribution in [3.8, 4) is 10.7 Å². The van der Waals surface area contributed by atoms with E-state index in [0.717, 1.165) is 42.6 Å². The predicted molar refractivity (Wildman–Crippen MR) is 73.0 cm³/mol. The highest BCUT2D eigenvalue weighted by Gasteiger charge is 2.17. The summed E-state index contributed by atoms with van der Waals surface area (Å²) in [6.07, 6.45) is 2.94. The highest BCUT2D eigenvalue weighted by atomic mass is 32.1. The van der Waals surface area contributed by atoms with Gasteiger partial charge in [-0.2, -0.15) is 0 Å². The zero-order valence-electron chi connectivity index (χ0n) is 10.4. The number of H-pyrrole nitrogens is 1. The van der Waals surface area contributed by atoms with Crippen molar-refractivity contribution >= 4 is 11.3 Å². The van der Waals surface area contributed by atoms with Gasteiger partial charge in [0.2, 0.25) is 0 Å². The third kappa shape index (κ3) is 2.48. The normalized spacial score (nSPS) is 20.2. The molecular weight excluding hydrogens is 246 g/mol. The van der Waals surface area contributed by atoms with Crippen molar-refractivity contribution in [2.75, 3.05) is 19.8 Å². The van der Waals surface area contributed by atoms with Gasteiger partial charge in [-0.3, -0.25) is 0 Å². The smallest absolute Gasteiger partial charge is 0.140 e. The lowest BCUT2D eigenvalue weighted by molar-refractivity contribution is 0.0772. The number of thiazole rings is 1. The molecule has 2 aromatic heterocycles. The van der Waals surface area contributed by atoms with Crippen LogP contribution in [-0.4, -0.2) is 35.8 Å². The molecule has 4 nitrogen and oxygen atoms in total. The number of aromatic nitrogens is 2. The maximum Gasteiger partial charge on any atom is 0.140 e. The van der Waals surface area contributed by atoms with Gasteiger partial charge in [-0.05, 0) is 19.1 Å². The van der Waals surface area contributed by atoms with Crippen LogP contribution >= 0.6 is 11.3 Å². The minimum atomic E-state index is 0.425. The van der Waals surface area contributed by atoms with Gasteiger partial charge in [-0.1, -0.05) is 0 Å². The SMILES string of the molecule is Cc1nc(-c2ccc[nH]2)sc1CC1COCCN1. The Balaban J connectivity index is 1.76. The van der Waals surface area contributed by atoms with Gasteiger partial charge < -0.3 is 15.0 Å². The Labute approximate surface area is 110 Å². The van der Waals surface area contributed by atoms with Gasteiger partial charge in [0.25, 0.3) is 0 Å². The number of hydrogen-bond donors (Lipinski definition) is 2. The van der Waals surface area contributed by atoms with Crippen LogP contribution in [0.3, 0.4) is 0 Å². The van der Waals surface area contributed by atoms with Crippen LogP contribution in [-0.2, 0) is 11.2 Å². The van der Waals surface area contributed by atoms with E-state index in [1.54, 1.807) is 11.3 Å². The van der Waals surface area contributed by atoms with Gasteiger partial charge in [0, 0.05) is 30.1 Å². The molecule has 0 saturated carbocycles. The monoisotopic (exact) mass is 263 g/mol. The lowest BCUT2D eigenvalue weighted by Crippen LogP contribution is -2.42. The lowest BCUT2D eigenvalue weighted by Gasteiger charge is -2.23. The molecule has 1 aliphatic rings. The largest absolute Gasteiger partial charge is 0.379 e. The van der Waals surface area contributed by atoms with Gasteiger partial charge in [-0.25, -0.2) is 4.98 Å². The van der Waals surface area contributed by atoms with Crippen LogP contribution in [0.25, 0.3) is 10.7 Å². The quantitative estimate of drug-likeness (QED) is 0.890. The number of nitrogens with one attached hydrogen (secondary N) is 2. The molecule has 1 saturated heterocycles. The first-order chi connectivity index (χ1) is 8.83. The van der Waals surface area contributed by atoms with Crippen LogP contribution in [0.5, 0.6) is 0 Å². The van der Waals surface area contributed by atoms with E-state index in [0.29, 0.717) is 6.04 Å². The first-order valence-corrected chi connectivity index (χ1v) is 7.06. The van der Waals surface area contributed by atoms with Crippen LogP contribution in [0.4, 0.5) is 0 Å². The standard InChI is InChI=1S/C13H17N3OS/c1-9-12(7-10-8-17-6-5-14-10)18-13(16-9)11-3-2-4-15-11/h2-4,10,14-15H,5-8H2,1H3. The van der Waals surface area contributed by atoms with Crippen molar-refractivity contribution in [3.05, 3.63) is 28.9 Å². The first-order valence-electron chi connectivity index (χ1n) is 6.24. The highest BCUT2D eigenvalue weighted by Crippen LogP contribution is 2.27. The number of morpholine rings is 1. The van der Waals surface area contributed by atoms with Crippen molar-refractivity contribution in [3.63, 3.8) is 0 Å². The average Bonchev–Trinajstić information content (AvgIpc) is 3.01. The van der Waals surface area contributed by atoms with E-state index in [-0.39, 0.29) is 0 Å². The van der Waals surface area contributed by atoms with Gasteiger partial charge >= 0.3 is 0 Å². The summed E-state index contributed by atoms with van der Waals surface area (Å²) in [7, 11) is 0. The molecule has 2 N–H and O–H groups in total. The Morgan fingerprint density at radius 3 is 3.22 bits per heavy atom. The Morgan fingerprint density at radius 1 is 1.56 bits per heavy atom. The molecule has 3 heterocycles. The van der Waals surface area contributed by atoms with E-state index in [1.165, 1.54) is 4.88 Å². The summed E-state index contributed by atoms with van der Waals surface area (Å²) < 4.78 is 5.49. The molecule has 1 atom stereocenters. The zero-order chi connectivity index (χ0) is 12.4. The highest BCUT2D eigenvalue weighted by molar-refractivity contribution is 7.15. The lowest BCUT2D eigenvalue weighted by atomic mass is 10.1. The van der Waals surface area contributed by atoms with Gasteiger partial charge in [0.1, 0.15) is 5.01 Å². The van der Waals surface area contributed by atoms with E-state index in [2.05, 4.69) is 28.3 Å². The molecule has 2 aromatic rings. The maximum absolute atomic E-state index is 5.49. The number of ether oxygens (including phenoxy) is 1. The summed E-state index contributed by atoms with van der Waals surface area (Å²) in [6.45, 7) is 4.66. The van der Waals surface area contributed by atoms with Crippen molar-refractivity contribution in [2.24, 2.45) is 0 Å². The van der Waals surface area contributed by atoms with Gasteiger partial charge in [-0.15, -0.1) is 11.3 Å². The fraction of sp³-hybridized carbons (Fsp3) is 0.462. The average molecular weight is 263 g/mol. The molecule has 0 aliphatic carbocycles. The number of aromatic amines is 1. The van der Waals surface area contributed by atoms with Crippen molar-refractivity contribution in [1.82, 2.24) is 15.3 Å². The van der Waals surface area contributed by atoms with Gasteiger partial charge in [0.15, 0.2) is 0 Å². The minimum Gasteiger partial charge on any atom is -0.379 e. The number of aryl methyl sites for hydroxylation is 1. The Hall–Kier alpha value is -1.17. The summed E-state index contributed by atoms with van der Waals surface area (Å²) in [5, 5.41) is 4.56. The summed E-state index contributed by atoms with van der Waals surface area (Å²) in [5.41, 5.74) is 2.24. The van der Waals surface area contributed by atoms with Gasteiger partial charge in [0.05, 0.1) is 24.6 Å². The second kappa shape index (κ2) is 5.22. The number of hydrogen-bond acceptors (Lipinski definition) is 4. The summed E-state index contributed by atoms with van der Waals surface area (Å²) in [4.78, 5) is 9.19. The van der Waals surface area contributed by atoms with E-state index >= 15 is 0 Å².